The third-order valence-corrected chi connectivity index (χ3v) is 4.76. The van der Waals surface area contributed by atoms with E-state index in [2.05, 4.69) is 20.8 Å². The molecule has 2 aromatic heterocycles. The Labute approximate surface area is 162 Å². The Bertz CT molecular complexity index is 1050. The molecular formula is C21H22N4O3. The molecule has 1 saturated carbocycles. The van der Waals surface area contributed by atoms with Gasteiger partial charge in [-0.05, 0) is 50.5 Å². The van der Waals surface area contributed by atoms with E-state index in [1.165, 1.54) is 0 Å². The lowest BCUT2D eigenvalue weighted by molar-refractivity contribution is -0.116. The second-order valence-electron chi connectivity index (χ2n) is 7.15. The topological polar surface area (TPSA) is 97.1 Å². The Balaban J connectivity index is 1.60. The van der Waals surface area contributed by atoms with Crippen molar-refractivity contribution in [1.82, 2.24) is 10.1 Å². The minimum atomic E-state index is -0.252. The highest BCUT2D eigenvalue weighted by atomic mass is 16.5. The monoisotopic (exact) mass is 378 g/mol. The highest BCUT2D eigenvalue weighted by Gasteiger charge is 2.28. The van der Waals surface area contributed by atoms with E-state index < -0.39 is 0 Å². The van der Waals surface area contributed by atoms with E-state index >= 15 is 0 Å². The Morgan fingerprint density at radius 1 is 1.18 bits per heavy atom. The van der Waals surface area contributed by atoms with Crippen LogP contribution in [0.2, 0.25) is 0 Å². The summed E-state index contributed by atoms with van der Waals surface area (Å²) < 4.78 is 5.31. The van der Waals surface area contributed by atoms with Crippen LogP contribution in [0.1, 0.15) is 60.3 Å². The zero-order valence-corrected chi connectivity index (χ0v) is 15.9. The third kappa shape index (κ3) is 3.74. The van der Waals surface area contributed by atoms with Gasteiger partial charge in [-0.25, -0.2) is 4.98 Å². The lowest BCUT2D eigenvalue weighted by Crippen LogP contribution is -2.14. The Morgan fingerprint density at radius 3 is 2.64 bits per heavy atom. The van der Waals surface area contributed by atoms with E-state index in [1.807, 2.05) is 13.0 Å². The van der Waals surface area contributed by atoms with Crippen molar-refractivity contribution < 1.29 is 14.1 Å². The standard InChI is InChI=1S/C21H22N4O3/c1-3-5-18(26)22-14-6-4-7-15(10-14)23-20(27)16-11-17(13-8-9-13)24-21-19(16)12(2)25-28-21/h4,6-7,10-11,13H,3,5,8-9H2,1-2H3,(H,22,26)(H,23,27). The van der Waals surface area contributed by atoms with E-state index in [1.54, 1.807) is 31.2 Å². The summed E-state index contributed by atoms with van der Waals surface area (Å²) in [5.74, 6) is 0.0899. The van der Waals surface area contributed by atoms with Gasteiger partial charge in [0.25, 0.3) is 11.6 Å². The van der Waals surface area contributed by atoms with Crippen LogP contribution in [-0.4, -0.2) is 22.0 Å². The number of benzene rings is 1. The number of amides is 2. The van der Waals surface area contributed by atoms with Gasteiger partial charge in [0.2, 0.25) is 5.91 Å². The van der Waals surface area contributed by atoms with Crippen molar-refractivity contribution in [1.29, 1.82) is 0 Å². The maximum atomic E-state index is 13.0. The average molecular weight is 378 g/mol. The molecule has 7 heteroatoms. The molecule has 1 aliphatic carbocycles. The first kappa shape index (κ1) is 18.2. The summed E-state index contributed by atoms with van der Waals surface area (Å²) in [5.41, 5.74) is 3.66. The van der Waals surface area contributed by atoms with Gasteiger partial charge in [0.15, 0.2) is 0 Å². The van der Waals surface area contributed by atoms with Gasteiger partial charge in [0.1, 0.15) is 0 Å². The molecule has 0 aliphatic heterocycles. The molecular weight excluding hydrogens is 356 g/mol. The zero-order chi connectivity index (χ0) is 19.7. The number of rotatable bonds is 6. The van der Waals surface area contributed by atoms with Gasteiger partial charge in [-0.3, -0.25) is 9.59 Å². The van der Waals surface area contributed by atoms with Gasteiger partial charge in [-0.15, -0.1) is 0 Å². The first-order chi connectivity index (χ1) is 13.5. The fourth-order valence-electron chi connectivity index (χ4n) is 3.20. The van der Waals surface area contributed by atoms with Crippen LogP contribution in [0.4, 0.5) is 11.4 Å². The van der Waals surface area contributed by atoms with Crippen LogP contribution in [0, 0.1) is 6.92 Å². The van der Waals surface area contributed by atoms with E-state index in [4.69, 9.17) is 4.52 Å². The molecule has 4 rings (SSSR count). The molecule has 1 aromatic carbocycles. The molecule has 144 valence electrons. The van der Waals surface area contributed by atoms with Crippen molar-refractivity contribution in [2.24, 2.45) is 0 Å². The molecule has 1 aliphatic rings. The summed E-state index contributed by atoms with van der Waals surface area (Å²) in [4.78, 5) is 29.3. The molecule has 2 N–H and O–H groups in total. The summed E-state index contributed by atoms with van der Waals surface area (Å²) in [5, 5.41) is 10.3. The molecule has 2 heterocycles. The summed E-state index contributed by atoms with van der Waals surface area (Å²) in [6.07, 6.45) is 3.39. The quantitative estimate of drug-likeness (QED) is 0.663. The predicted octanol–water partition coefficient (Wildman–Crippen LogP) is 4.40. The van der Waals surface area contributed by atoms with Crippen LogP contribution in [-0.2, 0) is 4.79 Å². The van der Waals surface area contributed by atoms with Crippen LogP contribution >= 0.6 is 0 Å². The third-order valence-electron chi connectivity index (χ3n) is 4.76. The van der Waals surface area contributed by atoms with Gasteiger partial charge >= 0.3 is 0 Å². The maximum absolute atomic E-state index is 13.0. The number of aryl methyl sites for hydroxylation is 1. The van der Waals surface area contributed by atoms with Gasteiger partial charge in [-0.2, -0.15) is 0 Å². The minimum Gasteiger partial charge on any atom is -0.336 e. The number of nitrogens with zero attached hydrogens (tertiary/aromatic N) is 2. The van der Waals surface area contributed by atoms with Crippen molar-refractivity contribution in [3.8, 4) is 0 Å². The number of anilines is 2. The molecule has 0 atom stereocenters. The fraction of sp³-hybridized carbons (Fsp3) is 0.333. The van der Waals surface area contributed by atoms with E-state index in [9.17, 15) is 9.59 Å². The largest absolute Gasteiger partial charge is 0.336 e. The minimum absolute atomic E-state index is 0.0454. The molecule has 2 amide bonds. The molecule has 3 aromatic rings. The average Bonchev–Trinajstić information content (AvgIpc) is 3.45. The summed E-state index contributed by atoms with van der Waals surface area (Å²) in [6.45, 7) is 3.75. The zero-order valence-electron chi connectivity index (χ0n) is 15.9. The Kier molecular flexibility index (Phi) is 4.81. The molecule has 7 nitrogen and oxygen atoms in total. The van der Waals surface area contributed by atoms with Gasteiger partial charge in [-0.1, -0.05) is 18.1 Å². The van der Waals surface area contributed by atoms with Crippen LogP contribution < -0.4 is 10.6 Å². The number of pyridine rings is 1. The van der Waals surface area contributed by atoms with Crippen molar-refractivity contribution in [3.05, 3.63) is 47.3 Å². The number of carbonyl (C=O) groups is 2. The normalized spacial score (nSPS) is 13.5. The lowest BCUT2D eigenvalue weighted by atomic mass is 10.1. The number of hydrogen-bond donors (Lipinski definition) is 2. The smallest absolute Gasteiger partial charge is 0.259 e. The van der Waals surface area contributed by atoms with E-state index in [-0.39, 0.29) is 11.8 Å². The van der Waals surface area contributed by atoms with E-state index in [0.717, 1.165) is 25.0 Å². The van der Waals surface area contributed by atoms with Crippen LogP contribution in [0.5, 0.6) is 0 Å². The molecule has 0 radical (unpaired) electrons. The van der Waals surface area contributed by atoms with Crippen molar-refractivity contribution >= 4 is 34.3 Å². The summed E-state index contributed by atoms with van der Waals surface area (Å²) >= 11 is 0. The number of nitrogens with one attached hydrogen (secondary N) is 2. The molecule has 0 spiro atoms. The van der Waals surface area contributed by atoms with Crippen molar-refractivity contribution in [2.45, 2.75) is 45.4 Å². The predicted molar refractivity (Wildman–Crippen MR) is 106 cm³/mol. The second kappa shape index (κ2) is 7.42. The first-order valence-electron chi connectivity index (χ1n) is 9.53. The SMILES string of the molecule is CCCC(=O)Nc1cccc(NC(=O)c2cc(C3CC3)nc3onc(C)c23)c1. The number of fused-ring (bicyclic) bond motifs is 1. The second-order valence-corrected chi connectivity index (χ2v) is 7.15. The maximum Gasteiger partial charge on any atom is 0.259 e. The lowest BCUT2D eigenvalue weighted by Gasteiger charge is -2.10. The molecule has 1 fully saturated rings. The summed E-state index contributed by atoms with van der Waals surface area (Å²) in [7, 11) is 0. The first-order valence-corrected chi connectivity index (χ1v) is 9.53. The molecule has 0 saturated heterocycles. The molecule has 28 heavy (non-hydrogen) atoms. The van der Waals surface area contributed by atoms with Crippen LogP contribution in [0.3, 0.4) is 0 Å². The van der Waals surface area contributed by atoms with Crippen molar-refractivity contribution in [3.63, 3.8) is 0 Å². The number of hydrogen-bond acceptors (Lipinski definition) is 5. The van der Waals surface area contributed by atoms with E-state index in [0.29, 0.717) is 46.1 Å². The van der Waals surface area contributed by atoms with Crippen LogP contribution in [0.15, 0.2) is 34.9 Å². The Hall–Kier alpha value is -3.22. The van der Waals surface area contributed by atoms with Crippen LogP contribution in [0.25, 0.3) is 11.1 Å². The van der Waals surface area contributed by atoms with Gasteiger partial charge in [0.05, 0.1) is 16.6 Å². The highest BCUT2D eigenvalue weighted by Crippen LogP contribution is 2.40. The number of carbonyl (C=O) groups excluding carboxylic acids is 2. The van der Waals surface area contributed by atoms with Crippen molar-refractivity contribution in [2.75, 3.05) is 10.6 Å². The van der Waals surface area contributed by atoms with Gasteiger partial charge < -0.3 is 15.2 Å². The van der Waals surface area contributed by atoms with Gasteiger partial charge in [0, 0.05) is 29.4 Å². The highest BCUT2D eigenvalue weighted by molar-refractivity contribution is 6.12. The fourth-order valence-corrected chi connectivity index (χ4v) is 3.20. The molecule has 0 unspecified atom stereocenters. The Morgan fingerprint density at radius 2 is 1.93 bits per heavy atom. The summed E-state index contributed by atoms with van der Waals surface area (Å²) in [6, 6.07) is 8.95. The number of aromatic nitrogens is 2. The molecule has 0 bridgehead atoms.